The molecule has 0 aromatic rings. The fraction of sp³-hybridized carbons (Fsp3) is 0.923. The van der Waals surface area contributed by atoms with Gasteiger partial charge >= 0.3 is 0 Å². The third-order valence-electron chi connectivity index (χ3n) is 4.23. The minimum Gasteiger partial charge on any atom is -0.356 e. The number of carbonyl (C=O) groups is 1. The van der Waals surface area contributed by atoms with Crippen molar-refractivity contribution >= 4 is 5.91 Å². The molecular weight excluding hydrogens is 200 g/mol. The van der Waals surface area contributed by atoms with Crippen molar-refractivity contribution in [2.45, 2.75) is 39.0 Å². The van der Waals surface area contributed by atoms with E-state index in [9.17, 15) is 4.79 Å². The molecule has 16 heavy (non-hydrogen) atoms. The Hall–Kier alpha value is -0.570. The lowest BCUT2D eigenvalue weighted by Gasteiger charge is -2.29. The molecule has 2 aliphatic rings. The van der Waals surface area contributed by atoms with Gasteiger partial charge in [-0.25, -0.2) is 0 Å². The molecule has 1 saturated carbocycles. The number of carbonyl (C=O) groups excluding carboxylic acids is 1. The van der Waals surface area contributed by atoms with Crippen LogP contribution in [0.2, 0.25) is 0 Å². The van der Waals surface area contributed by atoms with Gasteiger partial charge in [0.05, 0.1) is 0 Å². The Morgan fingerprint density at radius 1 is 1.31 bits per heavy atom. The van der Waals surface area contributed by atoms with Crippen LogP contribution in [-0.4, -0.2) is 25.5 Å². The smallest absolute Gasteiger partial charge is 0.223 e. The van der Waals surface area contributed by atoms with Crippen LogP contribution in [0.1, 0.15) is 39.0 Å². The standard InChI is InChI=1S/C13H24N2O/c1-10-8-14-7-6-12(10)9-15-13(16)11-4-2-3-5-11/h10-12,14H,2-9H2,1H3,(H,15,16). The van der Waals surface area contributed by atoms with E-state index in [1.165, 1.54) is 19.3 Å². The van der Waals surface area contributed by atoms with Crippen LogP contribution in [-0.2, 0) is 4.79 Å². The van der Waals surface area contributed by atoms with Gasteiger partial charge in [-0.15, -0.1) is 0 Å². The summed E-state index contributed by atoms with van der Waals surface area (Å²) in [6, 6.07) is 0. The van der Waals surface area contributed by atoms with E-state index in [1.54, 1.807) is 0 Å². The van der Waals surface area contributed by atoms with E-state index >= 15 is 0 Å². The molecule has 2 N–H and O–H groups in total. The molecule has 1 aliphatic carbocycles. The fourth-order valence-corrected chi connectivity index (χ4v) is 2.94. The van der Waals surface area contributed by atoms with Gasteiger partial charge in [0.15, 0.2) is 0 Å². The quantitative estimate of drug-likeness (QED) is 0.763. The normalized spacial score (nSPS) is 31.6. The number of amides is 1. The zero-order chi connectivity index (χ0) is 11.4. The van der Waals surface area contributed by atoms with Crippen LogP contribution in [0, 0.1) is 17.8 Å². The van der Waals surface area contributed by atoms with E-state index in [4.69, 9.17) is 0 Å². The van der Waals surface area contributed by atoms with Crippen LogP contribution < -0.4 is 10.6 Å². The maximum Gasteiger partial charge on any atom is 0.223 e. The third-order valence-corrected chi connectivity index (χ3v) is 4.23. The van der Waals surface area contributed by atoms with Gasteiger partial charge in [-0.3, -0.25) is 4.79 Å². The SMILES string of the molecule is CC1CNCCC1CNC(=O)C1CCCC1. The summed E-state index contributed by atoms with van der Waals surface area (Å²) < 4.78 is 0. The van der Waals surface area contributed by atoms with Gasteiger partial charge in [0.25, 0.3) is 0 Å². The molecule has 2 unspecified atom stereocenters. The molecular formula is C13H24N2O. The third kappa shape index (κ3) is 2.97. The topological polar surface area (TPSA) is 41.1 Å². The predicted octanol–water partition coefficient (Wildman–Crippen LogP) is 1.54. The van der Waals surface area contributed by atoms with Gasteiger partial charge in [0.2, 0.25) is 5.91 Å². The monoisotopic (exact) mass is 224 g/mol. The average Bonchev–Trinajstić information content (AvgIpc) is 2.81. The molecule has 1 aliphatic heterocycles. The first-order valence-corrected chi connectivity index (χ1v) is 6.76. The second-order valence-corrected chi connectivity index (χ2v) is 5.46. The van der Waals surface area contributed by atoms with E-state index in [1.807, 2.05) is 0 Å². The maximum atomic E-state index is 11.9. The van der Waals surface area contributed by atoms with Crippen LogP contribution in [0.15, 0.2) is 0 Å². The number of rotatable bonds is 3. The first-order valence-electron chi connectivity index (χ1n) is 6.76. The summed E-state index contributed by atoms with van der Waals surface area (Å²) in [6.45, 7) is 5.37. The highest BCUT2D eigenvalue weighted by molar-refractivity contribution is 5.78. The van der Waals surface area contributed by atoms with Crippen molar-refractivity contribution in [3.05, 3.63) is 0 Å². The molecule has 3 heteroatoms. The molecule has 92 valence electrons. The van der Waals surface area contributed by atoms with Crippen LogP contribution in [0.25, 0.3) is 0 Å². The van der Waals surface area contributed by atoms with Gasteiger partial charge in [0.1, 0.15) is 0 Å². The molecule has 0 aromatic heterocycles. The summed E-state index contributed by atoms with van der Waals surface area (Å²) in [4.78, 5) is 11.9. The zero-order valence-corrected chi connectivity index (χ0v) is 10.3. The highest BCUT2D eigenvalue weighted by Crippen LogP contribution is 2.25. The summed E-state index contributed by atoms with van der Waals surface area (Å²) in [5.41, 5.74) is 0. The Morgan fingerprint density at radius 2 is 2.06 bits per heavy atom. The molecule has 1 heterocycles. The summed E-state index contributed by atoms with van der Waals surface area (Å²) in [5, 5.41) is 6.55. The van der Waals surface area contributed by atoms with Crippen LogP contribution in [0.3, 0.4) is 0 Å². The molecule has 0 spiro atoms. The average molecular weight is 224 g/mol. The molecule has 0 aromatic carbocycles. The highest BCUT2D eigenvalue weighted by atomic mass is 16.1. The van der Waals surface area contributed by atoms with Crippen molar-refractivity contribution < 1.29 is 4.79 Å². The van der Waals surface area contributed by atoms with Gasteiger partial charge in [0, 0.05) is 12.5 Å². The Balaban J connectivity index is 1.71. The van der Waals surface area contributed by atoms with Crippen molar-refractivity contribution in [1.82, 2.24) is 10.6 Å². The zero-order valence-electron chi connectivity index (χ0n) is 10.3. The number of hydrogen-bond donors (Lipinski definition) is 2. The Bertz CT molecular complexity index is 236. The number of hydrogen-bond acceptors (Lipinski definition) is 2. The van der Waals surface area contributed by atoms with Gasteiger partial charge in [-0.1, -0.05) is 19.8 Å². The Kier molecular flexibility index (Phi) is 4.22. The van der Waals surface area contributed by atoms with Gasteiger partial charge < -0.3 is 10.6 Å². The lowest BCUT2D eigenvalue weighted by molar-refractivity contribution is -0.125. The summed E-state index contributed by atoms with van der Waals surface area (Å²) in [7, 11) is 0. The molecule has 2 rings (SSSR count). The minimum absolute atomic E-state index is 0.309. The molecule has 3 nitrogen and oxygen atoms in total. The molecule has 0 radical (unpaired) electrons. The fourth-order valence-electron chi connectivity index (χ4n) is 2.94. The van der Waals surface area contributed by atoms with E-state index in [0.29, 0.717) is 23.7 Å². The van der Waals surface area contributed by atoms with Crippen molar-refractivity contribution in [3.63, 3.8) is 0 Å². The van der Waals surface area contributed by atoms with Crippen molar-refractivity contribution in [3.8, 4) is 0 Å². The summed E-state index contributed by atoms with van der Waals surface area (Å²) >= 11 is 0. The Morgan fingerprint density at radius 3 is 2.75 bits per heavy atom. The summed E-state index contributed by atoms with van der Waals surface area (Å²) in [5.74, 6) is 1.99. The lowest BCUT2D eigenvalue weighted by atomic mass is 9.88. The van der Waals surface area contributed by atoms with E-state index in [0.717, 1.165) is 32.5 Å². The van der Waals surface area contributed by atoms with Crippen LogP contribution >= 0.6 is 0 Å². The largest absolute Gasteiger partial charge is 0.356 e. The molecule has 2 atom stereocenters. The van der Waals surface area contributed by atoms with Crippen molar-refractivity contribution in [1.29, 1.82) is 0 Å². The lowest BCUT2D eigenvalue weighted by Crippen LogP contribution is -2.42. The maximum absolute atomic E-state index is 11.9. The first kappa shape index (κ1) is 11.9. The van der Waals surface area contributed by atoms with Crippen molar-refractivity contribution in [2.75, 3.05) is 19.6 Å². The molecule has 0 bridgehead atoms. The second kappa shape index (κ2) is 5.67. The number of piperidine rings is 1. The first-order chi connectivity index (χ1) is 7.77. The molecule has 1 amide bonds. The molecule has 1 saturated heterocycles. The van der Waals surface area contributed by atoms with E-state index in [2.05, 4.69) is 17.6 Å². The Labute approximate surface area is 98.4 Å². The van der Waals surface area contributed by atoms with E-state index in [-0.39, 0.29) is 0 Å². The van der Waals surface area contributed by atoms with Crippen LogP contribution in [0.4, 0.5) is 0 Å². The van der Waals surface area contributed by atoms with Crippen molar-refractivity contribution in [2.24, 2.45) is 17.8 Å². The second-order valence-electron chi connectivity index (χ2n) is 5.46. The number of nitrogens with one attached hydrogen (secondary N) is 2. The minimum atomic E-state index is 0.309. The van der Waals surface area contributed by atoms with Gasteiger partial charge in [-0.05, 0) is 44.2 Å². The van der Waals surface area contributed by atoms with E-state index < -0.39 is 0 Å². The highest BCUT2D eigenvalue weighted by Gasteiger charge is 2.25. The molecule has 2 fully saturated rings. The van der Waals surface area contributed by atoms with Crippen LogP contribution in [0.5, 0.6) is 0 Å². The summed E-state index contributed by atoms with van der Waals surface area (Å²) in [6.07, 6.45) is 5.89. The predicted molar refractivity (Wildman–Crippen MR) is 65.1 cm³/mol. The van der Waals surface area contributed by atoms with Gasteiger partial charge in [-0.2, -0.15) is 0 Å².